The van der Waals surface area contributed by atoms with E-state index in [1.54, 1.807) is 4.90 Å². The molecule has 5 heteroatoms. The first kappa shape index (κ1) is 10.5. The Hall–Kier alpha value is -1.57. The van der Waals surface area contributed by atoms with Gasteiger partial charge in [-0.2, -0.15) is 5.26 Å². The number of nitriles is 1. The molecule has 1 heterocycles. The lowest BCUT2D eigenvalue weighted by atomic mass is 10.2. The summed E-state index contributed by atoms with van der Waals surface area (Å²) in [7, 11) is 0. The van der Waals surface area contributed by atoms with Gasteiger partial charge in [0.15, 0.2) is 0 Å². The number of rotatable bonds is 0. The molecule has 1 unspecified atom stereocenters. The third-order valence-electron chi connectivity index (χ3n) is 2.38. The van der Waals surface area contributed by atoms with Gasteiger partial charge < -0.3 is 9.80 Å². The zero-order chi connectivity index (χ0) is 10.7. The van der Waals surface area contributed by atoms with Gasteiger partial charge in [-0.05, 0) is 0 Å². The molecule has 0 spiro atoms. The molecular formula is C9H13N3O2. The van der Waals surface area contributed by atoms with E-state index < -0.39 is 6.04 Å². The van der Waals surface area contributed by atoms with Gasteiger partial charge in [-0.15, -0.1) is 0 Å². The second-order valence-corrected chi connectivity index (χ2v) is 3.32. The highest BCUT2D eigenvalue weighted by Crippen LogP contribution is 2.09. The van der Waals surface area contributed by atoms with Gasteiger partial charge in [0, 0.05) is 26.9 Å². The molecule has 1 fully saturated rings. The van der Waals surface area contributed by atoms with Crippen molar-refractivity contribution in [3.05, 3.63) is 0 Å². The minimum atomic E-state index is -0.495. The zero-order valence-corrected chi connectivity index (χ0v) is 8.36. The van der Waals surface area contributed by atoms with Crippen molar-refractivity contribution in [2.45, 2.75) is 19.9 Å². The van der Waals surface area contributed by atoms with Crippen LogP contribution in [0.2, 0.25) is 0 Å². The maximum Gasteiger partial charge on any atom is 0.220 e. The predicted molar refractivity (Wildman–Crippen MR) is 49.0 cm³/mol. The third-order valence-corrected chi connectivity index (χ3v) is 2.38. The van der Waals surface area contributed by atoms with E-state index in [9.17, 15) is 9.59 Å². The van der Waals surface area contributed by atoms with Crippen LogP contribution in [0.4, 0.5) is 0 Å². The van der Waals surface area contributed by atoms with Crippen LogP contribution in [-0.2, 0) is 9.59 Å². The molecule has 1 atom stereocenters. The Kier molecular flexibility index (Phi) is 3.07. The first-order chi connectivity index (χ1) is 6.56. The minimum Gasteiger partial charge on any atom is -0.338 e. The molecule has 0 aliphatic carbocycles. The topological polar surface area (TPSA) is 64.4 Å². The van der Waals surface area contributed by atoms with E-state index in [1.165, 1.54) is 18.7 Å². The average Bonchev–Trinajstić information content (AvgIpc) is 2.16. The molecule has 0 bridgehead atoms. The number of carbonyl (C=O) groups excluding carboxylic acids is 2. The van der Waals surface area contributed by atoms with E-state index in [-0.39, 0.29) is 11.8 Å². The quantitative estimate of drug-likeness (QED) is 0.527. The van der Waals surface area contributed by atoms with Gasteiger partial charge in [-0.1, -0.05) is 0 Å². The molecule has 5 nitrogen and oxygen atoms in total. The molecule has 1 aliphatic rings. The Morgan fingerprint density at radius 3 is 2.36 bits per heavy atom. The number of hydrogen-bond acceptors (Lipinski definition) is 3. The summed E-state index contributed by atoms with van der Waals surface area (Å²) >= 11 is 0. The highest BCUT2D eigenvalue weighted by molar-refractivity contribution is 5.76. The van der Waals surface area contributed by atoms with Crippen molar-refractivity contribution in [2.75, 3.05) is 19.6 Å². The summed E-state index contributed by atoms with van der Waals surface area (Å²) in [6, 6.07) is 1.54. The van der Waals surface area contributed by atoms with Gasteiger partial charge in [-0.25, -0.2) is 0 Å². The molecule has 0 N–H and O–H groups in total. The van der Waals surface area contributed by atoms with Crippen molar-refractivity contribution in [3.8, 4) is 6.07 Å². The van der Waals surface area contributed by atoms with Crippen LogP contribution in [-0.4, -0.2) is 47.3 Å². The van der Waals surface area contributed by atoms with Crippen LogP contribution in [0.15, 0.2) is 0 Å². The van der Waals surface area contributed by atoms with Crippen LogP contribution in [0.3, 0.4) is 0 Å². The predicted octanol–water partition coefficient (Wildman–Crippen LogP) is -0.411. The highest BCUT2D eigenvalue weighted by atomic mass is 16.2. The standard InChI is InChI=1S/C9H13N3O2/c1-7(13)11-3-4-12(8(2)14)9(5-10)6-11/h9H,3-4,6H2,1-2H3. The zero-order valence-electron chi connectivity index (χ0n) is 8.36. The van der Waals surface area contributed by atoms with Gasteiger partial charge >= 0.3 is 0 Å². The smallest absolute Gasteiger partial charge is 0.220 e. The van der Waals surface area contributed by atoms with Crippen LogP contribution >= 0.6 is 0 Å². The maximum absolute atomic E-state index is 11.1. The molecule has 0 aromatic heterocycles. The molecule has 2 amide bonds. The third kappa shape index (κ3) is 2.02. The number of nitrogens with zero attached hydrogens (tertiary/aromatic N) is 3. The van der Waals surface area contributed by atoms with E-state index in [2.05, 4.69) is 0 Å². The lowest BCUT2D eigenvalue weighted by Gasteiger charge is -2.37. The van der Waals surface area contributed by atoms with Gasteiger partial charge in [-0.3, -0.25) is 9.59 Å². The summed E-state index contributed by atoms with van der Waals surface area (Å²) in [6.07, 6.45) is 0. The molecule has 0 radical (unpaired) electrons. The first-order valence-electron chi connectivity index (χ1n) is 4.48. The highest BCUT2D eigenvalue weighted by Gasteiger charge is 2.29. The van der Waals surface area contributed by atoms with Crippen LogP contribution < -0.4 is 0 Å². The van der Waals surface area contributed by atoms with Gasteiger partial charge in [0.25, 0.3) is 0 Å². The van der Waals surface area contributed by atoms with E-state index in [1.807, 2.05) is 6.07 Å². The second kappa shape index (κ2) is 4.09. The van der Waals surface area contributed by atoms with E-state index >= 15 is 0 Å². The second-order valence-electron chi connectivity index (χ2n) is 3.32. The largest absolute Gasteiger partial charge is 0.338 e. The summed E-state index contributed by atoms with van der Waals surface area (Å²) in [6.45, 7) is 4.21. The normalized spacial score (nSPS) is 21.6. The molecule has 1 aliphatic heterocycles. The van der Waals surface area contributed by atoms with Crippen molar-refractivity contribution in [3.63, 3.8) is 0 Å². The fourth-order valence-corrected chi connectivity index (χ4v) is 1.56. The summed E-state index contributed by atoms with van der Waals surface area (Å²) in [5.74, 6) is -0.159. The molecule has 0 aromatic rings. The molecule has 1 rings (SSSR count). The number of hydrogen-bond donors (Lipinski definition) is 0. The monoisotopic (exact) mass is 195 g/mol. The van der Waals surface area contributed by atoms with Crippen molar-refractivity contribution < 1.29 is 9.59 Å². The van der Waals surface area contributed by atoms with Crippen LogP contribution in [0.5, 0.6) is 0 Å². The number of piperazine rings is 1. The Morgan fingerprint density at radius 2 is 1.93 bits per heavy atom. The molecule has 1 saturated heterocycles. The number of amides is 2. The van der Waals surface area contributed by atoms with E-state index in [0.29, 0.717) is 19.6 Å². The Balaban J connectivity index is 2.70. The summed E-state index contributed by atoms with van der Waals surface area (Å²) in [4.78, 5) is 25.3. The van der Waals surface area contributed by atoms with Gasteiger partial charge in [0.05, 0.1) is 12.6 Å². The fourth-order valence-electron chi connectivity index (χ4n) is 1.56. The molecule has 0 aromatic carbocycles. The average molecular weight is 195 g/mol. The summed E-state index contributed by atoms with van der Waals surface area (Å²) in [5, 5.41) is 8.83. The van der Waals surface area contributed by atoms with Crippen molar-refractivity contribution in [1.82, 2.24) is 9.80 Å². The lowest BCUT2D eigenvalue weighted by molar-refractivity contribution is -0.138. The first-order valence-corrected chi connectivity index (χ1v) is 4.48. The van der Waals surface area contributed by atoms with Gasteiger partial charge in [0.1, 0.15) is 6.04 Å². The summed E-state index contributed by atoms with van der Waals surface area (Å²) < 4.78 is 0. The molecule has 0 saturated carbocycles. The minimum absolute atomic E-state index is 0.0477. The van der Waals surface area contributed by atoms with Crippen molar-refractivity contribution in [1.29, 1.82) is 5.26 Å². The summed E-state index contributed by atoms with van der Waals surface area (Å²) in [5.41, 5.74) is 0. The van der Waals surface area contributed by atoms with Crippen LogP contribution in [0.25, 0.3) is 0 Å². The van der Waals surface area contributed by atoms with Crippen LogP contribution in [0, 0.1) is 11.3 Å². The van der Waals surface area contributed by atoms with Crippen molar-refractivity contribution in [2.24, 2.45) is 0 Å². The van der Waals surface area contributed by atoms with Gasteiger partial charge in [0.2, 0.25) is 11.8 Å². The SMILES string of the molecule is CC(=O)N1CCN(C(C)=O)C(C#N)C1. The molecular weight excluding hydrogens is 182 g/mol. The van der Waals surface area contributed by atoms with E-state index in [0.717, 1.165) is 0 Å². The maximum atomic E-state index is 11.1. The Labute approximate surface area is 82.9 Å². The lowest BCUT2D eigenvalue weighted by Crippen LogP contribution is -2.55. The Morgan fingerprint density at radius 1 is 1.29 bits per heavy atom. The van der Waals surface area contributed by atoms with Crippen LogP contribution in [0.1, 0.15) is 13.8 Å². The fraction of sp³-hybridized carbons (Fsp3) is 0.667. The Bertz CT molecular complexity index is 295. The number of carbonyl (C=O) groups is 2. The van der Waals surface area contributed by atoms with E-state index in [4.69, 9.17) is 5.26 Å². The molecule has 14 heavy (non-hydrogen) atoms. The molecule has 76 valence electrons. The van der Waals surface area contributed by atoms with Crippen molar-refractivity contribution >= 4 is 11.8 Å².